The Balaban J connectivity index is 1.53. The van der Waals surface area contributed by atoms with Crippen molar-refractivity contribution in [3.63, 3.8) is 0 Å². The van der Waals surface area contributed by atoms with Crippen LogP contribution in [0.3, 0.4) is 0 Å². The molecule has 2 amide bonds. The Bertz CT molecular complexity index is 633. The molecule has 142 valence electrons. The van der Waals surface area contributed by atoms with Crippen LogP contribution < -0.4 is 5.73 Å². The molecule has 6 heteroatoms. The molecular weight excluding hydrogens is 333 g/mol. The molecule has 5 nitrogen and oxygen atoms in total. The molecular formula is C20H28FN3O2. The lowest BCUT2D eigenvalue weighted by molar-refractivity contribution is -0.135. The number of carbonyl (C=O) groups excluding carboxylic acids is 2. The SMILES string of the molecule is NCC1(CC(=O)N2CCN(C(=O)c3ccc(F)cc3)CC2)CCCCC1. The van der Waals surface area contributed by atoms with Crippen LogP contribution in [0.4, 0.5) is 4.39 Å². The minimum absolute atomic E-state index is 0.0314. The van der Waals surface area contributed by atoms with E-state index >= 15 is 0 Å². The molecule has 1 aromatic carbocycles. The van der Waals surface area contributed by atoms with Crippen LogP contribution in [-0.4, -0.2) is 54.3 Å². The average molecular weight is 361 g/mol. The smallest absolute Gasteiger partial charge is 0.253 e. The largest absolute Gasteiger partial charge is 0.339 e. The highest BCUT2D eigenvalue weighted by Crippen LogP contribution is 2.38. The predicted molar refractivity (Wildman–Crippen MR) is 98.1 cm³/mol. The first kappa shape index (κ1) is 18.8. The number of hydrogen-bond donors (Lipinski definition) is 1. The number of hydrogen-bond acceptors (Lipinski definition) is 3. The van der Waals surface area contributed by atoms with E-state index in [-0.39, 0.29) is 23.0 Å². The third-order valence-corrected chi connectivity index (χ3v) is 5.88. The molecule has 1 aliphatic carbocycles. The van der Waals surface area contributed by atoms with Gasteiger partial charge >= 0.3 is 0 Å². The van der Waals surface area contributed by atoms with Crippen molar-refractivity contribution in [3.8, 4) is 0 Å². The predicted octanol–water partition coefficient (Wildman–Crippen LogP) is 2.41. The summed E-state index contributed by atoms with van der Waals surface area (Å²) in [5.41, 5.74) is 6.45. The van der Waals surface area contributed by atoms with Crippen LogP contribution in [0.2, 0.25) is 0 Å². The summed E-state index contributed by atoms with van der Waals surface area (Å²) in [5, 5.41) is 0. The zero-order valence-corrected chi connectivity index (χ0v) is 15.3. The molecule has 1 aliphatic heterocycles. The number of benzene rings is 1. The number of halogens is 1. The number of amides is 2. The van der Waals surface area contributed by atoms with Crippen LogP contribution in [0.5, 0.6) is 0 Å². The van der Waals surface area contributed by atoms with Crippen molar-refractivity contribution < 1.29 is 14.0 Å². The van der Waals surface area contributed by atoms with E-state index in [4.69, 9.17) is 5.73 Å². The standard InChI is InChI=1S/C20H28FN3O2/c21-17-6-4-16(5-7-17)19(26)24-12-10-23(11-13-24)18(25)14-20(15-22)8-2-1-3-9-20/h4-7H,1-3,8-15,22H2. The Morgan fingerprint density at radius 3 is 2.12 bits per heavy atom. The Morgan fingerprint density at radius 1 is 0.962 bits per heavy atom. The molecule has 0 bridgehead atoms. The van der Waals surface area contributed by atoms with Crippen LogP contribution in [0.1, 0.15) is 48.9 Å². The molecule has 0 radical (unpaired) electrons. The minimum atomic E-state index is -0.353. The topological polar surface area (TPSA) is 66.6 Å². The second-order valence-electron chi connectivity index (χ2n) is 7.62. The molecule has 1 saturated heterocycles. The van der Waals surface area contributed by atoms with E-state index in [9.17, 15) is 14.0 Å². The summed E-state index contributed by atoms with van der Waals surface area (Å²) >= 11 is 0. The fraction of sp³-hybridized carbons (Fsp3) is 0.600. The molecule has 0 aromatic heterocycles. The van der Waals surface area contributed by atoms with E-state index in [0.29, 0.717) is 44.7 Å². The van der Waals surface area contributed by atoms with Crippen molar-refractivity contribution in [2.75, 3.05) is 32.7 Å². The van der Waals surface area contributed by atoms with Crippen molar-refractivity contribution in [1.82, 2.24) is 9.80 Å². The second kappa shape index (κ2) is 8.16. The Kier molecular flexibility index (Phi) is 5.91. The van der Waals surface area contributed by atoms with Crippen LogP contribution >= 0.6 is 0 Å². The van der Waals surface area contributed by atoms with Gasteiger partial charge in [-0.25, -0.2) is 4.39 Å². The van der Waals surface area contributed by atoms with Gasteiger partial charge in [-0.3, -0.25) is 9.59 Å². The second-order valence-corrected chi connectivity index (χ2v) is 7.62. The highest BCUT2D eigenvalue weighted by molar-refractivity contribution is 5.94. The summed E-state index contributed by atoms with van der Waals surface area (Å²) in [4.78, 5) is 28.8. The highest BCUT2D eigenvalue weighted by atomic mass is 19.1. The maximum absolute atomic E-state index is 13.0. The molecule has 2 aliphatic rings. The summed E-state index contributed by atoms with van der Waals surface area (Å²) in [6.45, 7) is 2.69. The quantitative estimate of drug-likeness (QED) is 0.896. The number of nitrogens with zero attached hydrogens (tertiary/aromatic N) is 2. The van der Waals surface area contributed by atoms with Gasteiger partial charge in [-0.1, -0.05) is 19.3 Å². The summed E-state index contributed by atoms with van der Waals surface area (Å²) in [5.74, 6) is -0.303. The third kappa shape index (κ3) is 4.23. The van der Waals surface area contributed by atoms with Gasteiger partial charge in [0.15, 0.2) is 0 Å². The number of carbonyl (C=O) groups is 2. The number of piperazine rings is 1. The molecule has 0 atom stereocenters. The monoisotopic (exact) mass is 361 g/mol. The van der Waals surface area contributed by atoms with Crippen LogP contribution in [0, 0.1) is 11.2 Å². The van der Waals surface area contributed by atoms with Gasteiger partial charge in [-0.2, -0.15) is 0 Å². The molecule has 1 aromatic rings. The Morgan fingerprint density at radius 2 is 1.54 bits per heavy atom. The van der Waals surface area contributed by atoms with E-state index in [1.54, 1.807) is 4.90 Å². The summed E-state index contributed by atoms with van der Waals surface area (Å²) in [7, 11) is 0. The van der Waals surface area contributed by atoms with Crippen molar-refractivity contribution in [1.29, 1.82) is 0 Å². The van der Waals surface area contributed by atoms with Gasteiger partial charge in [0.2, 0.25) is 5.91 Å². The van der Waals surface area contributed by atoms with Gasteiger partial charge in [0.25, 0.3) is 5.91 Å². The van der Waals surface area contributed by atoms with Gasteiger partial charge in [0, 0.05) is 38.2 Å². The molecule has 1 saturated carbocycles. The van der Waals surface area contributed by atoms with E-state index in [1.165, 1.54) is 30.7 Å². The Hall–Kier alpha value is -1.95. The van der Waals surface area contributed by atoms with Gasteiger partial charge < -0.3 is 15.5 Å². The average Bonchev–Trinajstić information content (AvgIpc) is 2.69. The molecule has 0 spiro atoms. The third-order valence-electron chi connectivity index (χ3n) is 5.88. The van der Waals surface area contributed by atoms with Crippen molar-refractivity contribution in [2.45, 2.75) is 38.5 Å². The maximum Gasteiger partial charge on any atom is 0.253 e. The summed E-state index contributed by atoms with van der Waals surface area (Å²) in [6, 6.07) is 5.60. The van der Waals surface area contributed by atoms with E-state index in [0.717, 1.165) is 25.7 Å². The lowest BCUT2D eigenvalue weighted by Crippen LogP contribution is -2.51. The fourth-order valence-corrected chi connectivity index (χ4v) is 4.12. The minimum Gasteiger partial charge on any atom is -0.339 e. The van der Waals surface area contributed by atoms with E-state index < -0.39 is 0 Å². The van der Waals surface area contributed by atoms with Gasteiger partial charge in [-0.05, 0) is 49.1 Å². The lowest BCUT2D eigenvalue weighted by Gasteiger charge is -2.39. The molecule has 1 heterocycles. The molecule has 2 fully saturated rings. The zero-order chi connectivity index (χ0) is 18.6. The van der Waals surface area contributed by atoms with Gasteiger partial charge in [0.1, 0.15) is 5.82 Å². The zero-order valence-electron chi connectivity index (χ0n) is 15.3. The molecule has 0 unspecified atom stereocenters. The summed E-state index contributed by atoms with van der Waals surface area (Å²) in [6.07, 6.45) is 6.15. The maximum atomic E-state index is 13.0. The Labute approximate surface area is 154 Å². The molecule has 3 rings (SSSR count). The van der Waals surface area contributed by atoms with E-state index in [2.05, 4.69) is 0 Å². The first-order chi connectivity index (χ1) is 12.5. The number of nitrogens with two attached hydrogens (primary N) is 1. The van der Waals surface area contributed by atoms with Crippen LogP contribution in [-0.2, 0) is 4.79 Å². The highest BCUT2D eigenvalue weighted by Gasteiger charge is 2.35. The van der Waals surface area contributed by atoms with Crippen molar-refractivity contribution >= 4 is 11.8 Å². The fourth-order valence-electron chi connectivity index (χ4n) is 4.12. The first-order valence-electron chi connectivity index (χ1n) is 9.56. The van der Waals surface area contributed by atoms with Crippen molar-refractivity contribution in [2.24, 2.45) is 11.1 Å². The van der Waals surface area contributed by atoms with E-state index in [1.807, 2.05) is 4.90 Å². The van der Waals surface area contributed by atoms with Crippen molar-refractivity contribution in [3.05, 3.63) is 35.6 Å². The normalized spacial score (nSPS) is 20.1. The number of rotatable bonds is 4. The summed E-state index contributed by atoms with van der Waals surface area (Å²) < 4.78 is 13.0. The molecule has 2 N–H and O–H groups in total. The van der Waals surface area contributed by atoms with Crippen LogP contribution in [0.15, 0.2) is 24.3 Å². The van der Waals surface area contributed by atoms with Crippen LogP contribution in [0.25, 0.3) is 0 Å². The molecule has 26 heavy (non-hydrogen) atoms. The van der Waals surface area contributed by atoms with Gasteiger partial charge in [-0.15, -0.1) is 0 Å². The van der Waals surface area contributed by atoms with Gasteiger partial charge in [0.05, 0.1) is 0 Å². The first-order valence-corrected chi connectivity index (χ1v) is 9.56. The lowest BCUT2D eigenvalue weighted by atomic mass is 9.71.